The van der Waals surface area contributed by atoms with Crippen molar-refractivity contribution in [2.45, 2.75) is 12.3 Å². The van der Waals surface area contributed by atoms with Gasteiger partial charge in [-0.3, -0.25) is 9.69 Å². The van der Waals surface area contributed by atoms with Gasteiger partial charge >= 0.3 is 0 Å². The highest BCUT2D eigenvalue weighted by Crippen LogP contribution is 2.22. The molecule has 1 unspecified atom stereocenters. The summed E-state index contributed by atoms with van der Waals surface area (Å²) >= 11 is 0. The number of carbonyl (C=O) groups excluding carboxylic acids is 1. The Bertz CT molecular complexity index is 494. The third-order valence-electron chi connectivity index (χ3n) is 4.50. The van der Waals surface area contributed by atoms with Gasteiger partial charge in [0.2, 0.25) is 0 Å². The number of hydrogen-bond acceptors (Lipinski definition) is 4. The average molecular weight is 303 g/mol. The zero-order valence-electron chi connectivity index (χ0n) is 13.0. The molecule has 5 heteroatoms. The van der Waals surface area contributed by atoms with Crippen molar-refractivity contribution in [3.63, 3.8) is 0 Å². The third-order valence-corrected chi connectivity index (χ3v) is 4.50. The largest absolute Gasteiger partial charge is 0.379 e. The quantitative estimate of drug-likeness (QED) is 0.846. The van der Waals surface area contributed by atoms with Crippen LogP contribution in [0.2, 0.25) is 0 Å². The SMILES string of the molecule is O=C(NCCN1CCOCC1)c1cccc(C2CCNC2)c1. The van der Waals surface area contributed by atoms with Gasteiger partial charge in [0.05, 0.1) is 13.2 Å². The highest BCUT2D eigenvalue weighted by Gasteiger charge is 2.17. The molecular formula is C17H25N3O2. The molecule has 2 heterocycles. The number of carbonyl (C=O) groups is 1. The third kappa shape index (κ3) is 4.06. The number of amides is 1. The van der Waals surface area contributed by atoms with Crippen molar-refractivity contribution >= 4 is 5.91 Å². The van der Waals surface area contributed by atoms with E-state index in [0.717, 1.165) is 57.9 Å². The van der Waals surface area contributed by atoms with Gasteiger partial charge in [0, 0.05) is 38.3 Å². The summed E-state index contributed by atoms with van der Waals surface area (Å²) in [6.45, 7) is 7.18. The number of nitrogens with zero attached hydrogens (tertiary/aromatic N) is 1. The molecule has 3 rings (SSSR count). The van der Waals surface area contributed by atoms with Gasteiger partial charge in [-0.05, 0) is 36.6 Å². The summed E-state index contributed by atoms with van der Waals surface area (Å²) in [6, 6.07) is 8.06. The van der Waals surface area contributed by atoms with Crippen molar-refractivity contribution < 1.29 is 9.53 Å². The lowest BCUT2D eigenvalue weighted by molar-refractivity contribution is 0.0383. The maximum Gasteiger partial charge on any atom is 0.251 e. The minimum absolute atomic E-state index is 0.0288. The maximum absolute atomic E-state index is 12.3. The Labute approximate surface area is 132 Å². The Hall–Kier alpha value is -1.43. The van der Waals surface area contributed by atoms with E-state index in [4.69, 9.17) is 4.74 Å². The van der Waals surface area contributed by atoms with Crippen LogP contribution in [0.25, 0.3) is 0 Å². The van der Waals surface area contributed by atoms with Crippen LogP contribution in [-0.4, -0.2) is 63.3 Å². The smallest absolute Gasteiger partial charge is 0.251 e. The van der Waals surface area contributed by atoms with Gasteiger partial charge in [-0.15, -0.1) is 0 Å². The number of ether oxygens (including phenoxy) is 1. The molecule has 0 spiro atoms. The standard InChI is InChI=1S/C17H25N3O2/c21-17(19-6-7-20-8-10-22-11-9-20)15-3-1-2-14(12-15)16-4-5-18-13-16/h1-3,12,16,18H,4-11,13H2,(H,19,21). The van der Waals surface area contributed by atoms with E-state index in [-0.39, 0.29) is 5.91 Å². The predicted octanol–water partition coefficient (Wildman–Crippen LogP) is 0.826. The molecule has 2 fully saturated rings. The molecule has 0 aliphatic carbocycles. The molecule has 2 aliphatic rings. The molecule has 22 heavy (non-hydrogen) atoms. The Morgan fingerprint density at radius 1 is 1.36 bits per heavy atom. The molecule has 1 atom stereocenters. The van der Waals surface area contributed by atoms with Crippen molar-refractivity contribution in [1.82, 2.24) is 15.5 Å². The molecule has 0 radical (unpaired) electrons. The summed E-state index contributed by atoms with van der Waals surface area (Å²) in [7, 11) is 0. The average Bonchev–Trinajstić information content (AvgIpc) is 3.10. The van der Waals surface area contributed by atoms with Crippen LogP contribution < -0.4 is 10.6 Å². The second-order valence-electron chi connectivity index (χ2n) is 6.03. The van der Waals surface area contributed by atoms with Crippen molar-refractivity contribution in [3.8, 4) is 0 Å². The Morgan fingerprint density at radius 2 is 2.23 bits per heavy atom. The first kappa shape index (κ1) is 15.5. The zero-order valence-corrected chi connectivity index (χ0v) is 13.0. The highest BCUT2D eigenvalue weighted by molar-refractivity contribution is 5.94. The van der Waals surface area contributed by atoms with Crippen molar-refractivity contribution in [2.24, 2.45) is 0 Å². The summed E-state index contributed by atoms with van der Waals surface area (Å²) in [5.41, 5.74) is 2.04. The monoisotopic (exact) mass is 303 g/mol. The first-order valence-electron chi connectivity index (χ1n) is 8.22. The molecule has 2 aliphatic heterocycles. The second-order valence-corrected chi connectivity index (χ2v) is 6.03. The van der Waals surface area contributed by atoms with Crippen LogP contribution in [0.4, 0.5) is 0 Å². The van der Waals surface area contributed by atoms with Crippen LogP contribution in [0.5, 0.6) is 0 Å². The molecule has 2 saturated heterocycles. The van der Waals surface area contributed by atoms with Gasteiger partial charge in [-0.1, -0.05) is 12.1 Å². The first-order chi connectivity index (χ1) is 10.8. The Morgan fingerprint density at radius 3 is 3.00 bits per heavy atom. The van der Waals surface area contributed by atoms with E-state index in [9.17, 15) is 4.79 Å². The molecule has 2 N–H and O–H groups in total. The highest BCUT2D eigenvalue weighted by atomic mass is 16.5. The van der Waals surface area contributed by atoms with Gasteiger partial charge in [-0.25, -0.2) is 0 Å². The van der Waals surface area contributed by atoms with E-state index >= 15 is 0 Å². The van der Waals surface area contributed by atoms with Crippen molar-refractivity contribution in [1.29, 1.82) is 0 Å². The van der Waals surface area contributed by atoms with Crippen LogP contribution in [0.3, 0.4) is 0 Å². The van der Waals surface area contributed by atoms with Crippen LogP contribution in [0.15, 0.2) is 24.3 Å². The summed E-state index contributed by atoms with van der Waals surface area (Å²) < 4.78 is 5.32. The molecule has 0 bridgehead atoms. The topological polar surface area (TPSA) is 53.6 Å². The number of rotatable bonds is 5. The molecule has 0 saturated carbocycles. The van der Waals surface area contributed by atoms with E-state index < -0.39 is 0 Å². The molecule has 5 nitrogen and oxygen atoms in total. The lowest BCUT2D eigenvalue weighted by Gasteiger charge is -2.26. The van der Waals surface area contributed by atoms with Crippen LogP contribution in [-0.2, 0) is 4.74 Å². The predicted molar refractivity (Wildman–Crippen MR) is 86.3 cm³/mol. The van der Waals surface area contributed by atoms with Gasteiger partial charge in [0.25, 0.3) is 5.91 Å². The van der Waals surface area contributed by atoms with Crippen molar-refractivity contribution in [2.75, 3.05) is 52.5 Å². The fraction of sp³-hybridized carbons (Fsp3) is 0.588. The molecule has 1 aromatic carbocycles. The normalized spacial score (nSPS) is 22.6. The Kier molecular flexibility index (Phi) is 5.43. The molecule has 1 aromatic rings. The van der Waals surface area contributed by atoms with Crippen LogP contribution >= 0.6 is 0 Å². The lowest BCUT2D eigenvalue weighted by atomic mass is 9.96. The van der Waals surface area contributed by atoms with Crippen molar-refractivity contribution in [3.05, 3.63) is 35.4 Å². The van der Waals surface area contributed by atoms with E-state index in [2.05, 4.69) is 21.6 Å². The molecule has 120 valence electrons. The number of hydrogen-bond donors (Lipinski definition) is 2. The minimum Gasteiger partial charge on any atom is -0.379 e. The van der Waals surface area contributed by atoms with Gasteiger partial charge < -0.3 is 15.4 Å². The van der Waals surface area contributed by atoms with Crippen LogP contribution in [0, 0.1) is 0 Å². The molecule has 0 aromatic heterocycles. The van der Waals surface area contributed by atoms with E-state index in [1.807, 2.05) is 18.2 Å². The minimum atomic E-state index is 0.0288. The maximum atomic E-state index is 12.3. The van der Waals surface area contributed by atoms with E-state index in [1.54, 1.807) is 0 Å². The lowest BCUT2D eigenvalue weighted by Crippen LogP contribution is -2.41. The second kappa shape index (κ2) is 7.72. The van der Waals surface area contributed by atoms with Gasteiger partial charge in [-0.2, -0.15) is 0 Å². The Balaban J connectivity index is 1.49. The first-order valence-corrected chi connectivity index (χ1v) is 8.22. The van der Waals surface area contributed by atoms with E-state index in [0.29, 0.717) is 12.5 Å². The number of benzene rings is 1. The van der Waals surface area contributed by atoms with E-state index in [1.165, 1.54) is 5.56 Å². The molecule has 1 amide bonds. The summed E-state index contributed by atoms with van der Waals surface area (Å²) in [4.78, 5) is 14.6. The van der Waals surface area contributed by atoms with Crippen LogP contribution in [0.1, 0.15) is 28.3 Å². The van der Waals surface area contributed by atoms with Gasteiger partial charge in [0.15, 0.2) is 0 Å². The summed E-state index contributed by atoms with van der Waals surface area (Å²) in [5.74, 6) is 0.571. The number of morpholine rings is 1. The fourth-order valence-electron chi connectivity index (χ4n) is 3.13. The fourth-order valence-corrected chi connectivity index (χ4v) is 3.13. The summed E-state index contributed by atoms with van der Waals surface area (Å²) in [6.07, 6.45) is 1.15. The molecular weight excluding hydrogens is 278 g/mol. The van der Waals surface area contributed by atoms with Gasteiger partial charge in [0.1, 0.15) is 0 Å². The zero-order chi connectivity index (χ0) is 15.2. The summed E-state index contributed by atoms with van der Waals surface area (Å²) in [5, 5.41) is 6.40. The number of nitrogens with one attached hydrogen (secondary N) is 2.